The first-order valence-corrected chi connectivity index (χ1v) is 11.7. The van der Waals surface area contributed by atoms with Gasteiger partial charge in [0.2, 0.25) is 11.8 Å². The zero-order chi connectivity index (χ0) is 22.9. The number of carbonyl (C=O) groups is 1. The molecule has 0 saturated heterocycles. The van der Waals surface area contributed by atoms with Crippen molar-refractivity contribution >= 4 is 15.7 Å². The molecule has 2 aromatic heterocycles. The van der Waals surface area contributed by atoms with E-state index in [0.29, 0.717) is 24.3 Å². The van der Waals surface area contributed by atoms with E-state index in [1.165, 1.54) is 19.2 Å². The van der Waals surface area contributed by atoms with Crippen molar-refractivity contribution in [2.45, 2.75) is 42.4 Å². The van der Waals surface area contributed by atoms with E-state index in [1.54, 1.807) is 17.1 Å². The molecule has 1 N–H and O–H groups in total. The highest BCUT2D eigenvalue weighted by Crippen LogP contribution is 2.32. The number of aromatic nitrogens is 3. The van der Waals surface area contributed by atoms with Gasteiger partial charge in [0.15, 0.2) is 9.84 Å². The molecule has 0 spiro atoms. The second-order valence-electron chi connectivity index (χ2n) is 7.73. The van der Waals surface area contributed by atoms with Gasteiger partial charge in [0, 0.05) is 23.5 Å². The zero-order valence-corrected chi connectivity index (χ0v) is 18.5. The van der Waals surface area contributed by atoms with Gasteiger partial charge in [-0.05, 0) is 56.2 Å². The molecule has 1 amide bonds. The number of nitrogens with one attached hydrogen (secondary N) is 1. The number of pyridine rings is 1. The average Bonchev–Trinajstić information content (AvgIpc) is 3.14. The molecule has 1 saturated carbocycles. The molecule has 168 valence electrons. The molecule has 0 radical (unpaired) electrons. The molecule has 1 aromatic carbocycles. The Kier molecular flexibility index (Phi) is 5.96. The fourth-order valence-corrected chi connectivity index (χ4v) is 5.60. The lowest BCUT2D eigenvalue weighted by Crippen LogP contribution is -2.54. The smallest absolute Gasteiger partial charge is 0.236 e. The van der Waals surface area contributed by atoms with E-state index < -0.39 is 26.9 Å². The number of halogens is 1. The second-order valence-corrected chi connectivity index (χ2v) is 9.90. The lowest BCUT2D eigenvalue weighted by Gasteiger charge is -2.36. The van der Waals surface area contributed by atoms with E-state index in [2.05, 4.69) is 15.4 Å². The van der Waals surface area contributed by atoms with Crippen LogP contribution in [0.2, 0.25) is 0 Å². The Balaban J connectivity index is 1.45. The maximum absolute atomic E-state index is 13.1. The molecule has 0 bridgehead atoms. The summed E-state index contributed by atoms with van der Waals surface area (Å²) in [5.41, 5.74) is 2.17. The molecule has 2 heterocycles. The summed E-state index contributed by atoms with van der Waals surface area (Å²) in [5, 5.41) is 6.42. The summed E-state index contributed by atoms with van der Waals surface area (Å²) >= 11 is 0. The number of rotatable bonds is 7. The van der Waals surface area contributed by atoms with Crippen molar-refractivity contribution in [3.63, 3.8) is 0 Å². The standard InChI is InChI=1S/C22H23FN4O4S/c1-14-3-6-17(12-24-14)27-13-15(22(26-27)31-2)11-21(28)25-19-9-10-20(19)32(29,30)18-7-4-16(23)5-8-18/h3-8,12-13,19-20H,9-11H2,1-2H3,(H,25,28)/t19-,20+/m1/s1. The third-order valence-corrected chi connectivity index (χ3v) is 7.84. The van der Waals surface area contributed by atoms with Crippen molar-refractivity contribution in [3.8, 4) is 11.6 Å². The van der Waals surface area contributed by atoms with Crippen LogP contribution in [0.5, 0.6) is 5.88 Å². The second kappa shape index (κ2) is 8.70. The maximum Gasteiger partial charge on any atom is 0.236 e. The number of benzene rings is 1. The summed E-state index contributed by atoms with van der Waals surface area (Å²) in [6.45, 7) is 1.88. The van der Waals surface area contributed by atoms with Crippen LogP contribution in [-0.2, 0) is 21.1 Å². The van der Waals surface area contributed by atoms with Crippen LogP contribution in [0.1, 0.15) is 24.1 Å². The van der Waals surface area contributed by atoms with E-state index in [9.17, 15) is 17.6 Å². The molecular weight excluding hydrogens is 435 g/mol. The lowest BCUT2D eigenvalue weighted by molar-refractivity contribution is -0.121. The van der Waals surface area contributed by atoms with Gasteiger partial charge in [-0.2, -0.15) is 0 Å². The highest BCUT2D eigenvalue weighted by Gasteiger charge is 2.42. The molecule has 3 aromatic rings. The van der Waals surface area contributed by atoms with Gasteiger partial charge in [0.25, 0.3) is 0 Å². The number of hydrogen-bond acceptors (Lipinski definition) is 6. The summed E-state index contributed by atoms with van der Waals surface area (Å²) in [6, 6.07) is 7.95. The first-order valence-electron chi connectivity index (χ1n) is 10.1. The molecule has 10 heteroatoms. The van der Waals surface area contributed by atoms with Crippen LogP contribution in [0.25, 0.3) is 5.69 Å². The first kappa shape index (κ1) is 21.9. The third-order valence-electron chi connectivity index (χ3n) is 5.55. The number of nitrogens with zero attached hydrogens (tertiary/aromatic N) is 3. The Bertz CT molecular complexity index is 1220. The van der Waals surface area contributed by atoms with Crippen molar-refractivity contribution in [1.82, 2.24) is 20.1 Å². The van der Waals surface area contributed by atoms with Crippen LogP contribution in [0.15, 0.2) is 53.7 Å². The highest BCUT2D eigenvalue weighted by molar-refractivity contribution is 7.92. The van der Waals surface area contributed by atoms with Crippen molar-refractivity contribution in [1.29, 1.82) is 0 Å². The van der Waals surface area contributed by atoms with Gasteiger partial charge in [-0.25, -0.2) is 17.5 Å². The molecular formula is C22H23FN4O4S. The number of sulfone groups is 1. The monoisotopic (exact) mass is 458 g/mol. The molecule has 0 unspecified atom stereocenters. The predicted octanol–water partition coefficient (Wildman–Crippen LogP) is 2.39. The number of carbonyl (C=O) groups excluding carboxylic acids is 1. The van der Waals surface area contributed by atoms with Crippen LogP contribution in [0.3, 0.4) is 0 Å². The molecule has 8 nitrogen and oxygen atoms in total. The Morgan fingerprint density at radius 1 is 1.22 bits per heavy atom. The Labute approximate surface area is 185 Å². The summed E-state index contributed by atoms with van der Waals surface area (Å²) in [6.07, 6.45) is 4.35. The van der Waals surface area contributed by atoms with Gasteiger partial charge < -0.3 is 10.1 Å². The summed E-state index contributed by atoms with van der Waals surface area (Å²) in [7, 11) is -2.19. The highest BCUT2D eigenvalue weighted by atomic mass is 32.2. The molecule has 4 rings (SSSR count). The van der Waals surface area contributed by atoms with E-state index in [1.807, 2.05) is 19.1 Å². The van der Waals surface area contributed by atoms with E-state index in [-0.39, 0.29) is 17.2 Å². The summed E-state index contributed by atoms with van der Waals surface area (Å²) in [4.78, 5) is 17.0. The number of methoxy groups -OCH3 is 1. The molecule has 1 aliphatic carbocycles. The molecule has 1 fully saturated rings. The van der Waals surface area contributed by atoms with Crippen molar-refractivity contribution in [2.24, 2.45) is 0 Å². The predicted molar refractivity (Wildman–Crippen MR) is 115 cm³/mol. The van der Waals surface area contributed by atoms with Gasteiger partial charge in [-0.3, -0.25) is 9.78 Å². The first-order chi connectivity index (χ1) is 15.3. The van der Waals surface area contributed by atoms with Gasteiger partial charge >= 0.3 is 0 Å². The number of ether oxygens (including phenoxy) is 1. The van der Waals surface area contributed by atoms with Crippen LogP contribution < -0.4 is 10.1 Å². The van der Waals surface area contributed by atoms with Crippen molar-refractivity contribution in [2.75, 3.05) is 7.11 Å². The number of amides is 1. The van der Waals surface area contributed by atoms with E-state index in [4.69, 9.17) is 4.74 Å². The lowest BCUT2D eigenvalue weighted by atomic mass is 9.92. The average molecular weight is 459 g/mol. The van der Waals surface area contributed by atoms with E-state index in [0.717, 1.165) is 23.5 Å². The van der Waals surface area contributed by atoms with Crippen LogP contribution in [0.4, 0.5) is 4.39 Å². The van der Waals surface area contributed by atoms with Crippen LogP contribution >= 0.6 is 0 Å². The van der Waals surface area contributed by atoms with Gasteiger partial charge in [0.1, 0.15) is 5.82 Å². The SMILES string of the molecule is COc1nn(-c2ccc(C)nc2)cc1CC(=O)N[C@@H]1CC[C@@H]1S(=O)(=O)c1ccc(F)cc1. The maximum atomic E-state index is 13.1. The van der Waals surface area contributed by atoms with Crippen LogP contribution in [-0.4, -0.2) is 47.5 Å². The minimum absolute atomic E-state index is 0.0116. The summed E-state index contributed by atoms with van der Waals surface area (Å²) in [5.74, 6) is -0.517. The minimum atomic E-state index is -3.66. The van der Waals surface area contributed by atoms with Gasteiger partial charge in [-0.1, -0.05) is 0 Å². The molecule has 0 aliphatic heterocycles. The minimum Gasteiger partial charge on any atom is -0.480 e. The molecule has 1 aliphatic rings. The van der Waals surface area contributed by atoms with Crippen molar-refractivity contribution < 1.29 is 22.3 Å². The fraction of sp³-hybridized carbons (Fsp3) is 0.318. The quantitative estimate of drug-likeness (QED) is 0.546. The fourth-order valence-electron chi connectivity index (χ4n) is 3.65. The van der Waals surface area contributed by atoms with Crippen molar-refractivity contribution in [3.05, 3.63) is 65.9 Å². The zero-order valence-electron chi connectivity index (χ0n) is 17.7. The topological polar surface area (TPSA) is 103 Å². The number of aryl methyl sites for hydroxylation is 1. The van der Waals surface area contributed by atoms with Gasteiger partial charge in [-0.15, -0.1) is 5.10 Å². The largest absolute Gasteiger partial charge is 0.480 e. The van der Waals surface area contributed by atoms with E-state index >= 15 is 0 Å². The Hall–Kier alpha value is -3.27. The Morgan fingerprint density at radius 2 is 1.97 bits per heavy atom. The van der Waals surface area contributed by atoms with Gasteiger partial charge in [0.05, 0.1) is 35.6 Å². The normalized spacial score (nSPS) is 18.1. The Morgan fingerprint density at radius 3 is 2.56 bits per heavy atom. The summed E-state index contributed by atoms with van der Waals surface area (Å²) < 4.78 is 45.7. The molecule has 2 atom stereocenters. The molecule has 32 heavy (non-hydrogen) atoms. The number of hydrogen-bond donors (Lipinski definition) is 1. The third kappa shape index (κ3) is 4.36. The van der Waals surface area contributed by atoms with Crippen LogP contribution in [0, 0.1) is 12.7 Å².